The van der Waals surface area contributed by atoms with E-state index in [-0.39, 0.29) is 24.0 Å². The molecule has 0 aliphatic heterocycles. The molecular weight excluding hydrogens is 620 g/mol. The summed E-state index contributed by atoms with van der Waals surface area (Å²) in [4.78, 5) is 25.0. The second-order valence-corrected chi connectivity index (χ2v) is 15.1. The number of aliphatic hydroxyl groups is 2. The van der Waals surface area contributed by atoms with Crippen LogP contribution in [0.5, 0.6) is 0 Å². The van der Waals surface area contributed by atoms with Crippen molar-refractivity contribution in [2.75, 3.05) is 0 Å². The third kappa shape index (κ3) is 28.7. The number of unbranched alkanes of at least 4 members (excludes halogenated alkanes) is 20. The first kappa shape index (κ1) is 46.1. The smallest absolute Gasteiger partial charge is 0.220 e. The largest absolute Gasteiger partial charge is 0.393 e. The molecule has 1 aromatic rings. The number of benzene rings is 1. The van der Waals surface area contributed by atoms with Crippen LogP contribution in [0.25, 0.3) is 0 Å². The quantitative estimate of drug-likeness (QED) is 0.0524. The Labute approximate surface area is 308 Å². The summed E-state index contributed by atoms with van der Waals surface area (Å²) < 4.78 is 0. The van der Waals surface area contributed by atoms with Gasteiger partial charge in [-0.25, -0.2) is 0 Å². The van der Waals surface area contributed by atoms with Gasteiger partial charge in [0.15, 0.2) is 0 Å². The average molecular weight is 701 g/mol. The summed E-state index contributed by atoms with van der Waals surface area (Å²) in [7, 11) is 0. The van der Waals surface area contributed by atoms with Crippen molar-refractivity contribution in [3.63, 3.8) is 0 Å². The Kier molecular flexibility index (Phi) is 31.5. The Bertz CT molecular complexity index is 850. The van der Waals surface area contributed by atoms with Crippen LogP contribution >= 0.6 is 0 Å². The van der Waals surface area contributed by atoms with E-state index < -0.39 is 0 Å². The van der Waals surface area contributed by atoms with Crippen molar-refractivity contribution >= 4 is 11.8 Å². The summed E-state index contributed by atoms with van der Waals surface area (Å²) in [6, 6.07) is 7.96. The molecule has 0 spiro atoms. The van der Waals surface area contributed by atoms with E-state index >= 15 is 0 Å². The summed E-state index contributed by atoms with van der Waals surface area (Å²) >= 11 is 0. The second-order valence-electron chi connectivity index (χ2n) is 15.1. The highest BCUT2D eigenvalue weighted by Crippen LogP contribution is 2.16. The van der Waals surface area contributed by atoms with Gasteiger partial charge < -0.3 is 20.8 Å². The van der Waals surface area contributed by atoms with Crippen LogP contribution in [-0.4, -0.2) is 34.2 Å². The van der Waals surface area contributed by atoms with Crippen molar-refractivity contribution in [1.82, 2.24) is 10.6 Å². The fourth-order valence-electron chi connectivity index (χ4n) is 6.82. The maximum Gasteiger partial charge on any atom is 0.220 e. The van der Waals surface area contributed by atoms with Crippen molar-refractivity contribution in [2.24, 2.45) is 0 Å². The molecule has 6 heteroatoms. The minimum Gasteiger partial charge on any atom is -0.393 e. The predicted molar refractivity (Wildman–Crippen MR) is 212 cm³/mol. The molecular formula is C44H80N2O4. The van der Waals surface area contributed by atoms with Crippen molar-refractivity contribution in [3.8, 4) is 0 Å². The van der Waals surface area contributed by atoms with E-state index in [1.807, 2.05) is 24.3 Å². The molecule has 0 aromatic heterocycles. The lowest BCUT2D eigenvalue weighted by atomic mass is 10.0. The first-order valence-electron chi connectivity index (χ1n) is 21.4. The molecule has 0 fully saturated rings. The number of aliphatic hydroxyl groups excluding tert-OH is 2. The topological polar surface area (TPSA) is 98.7 Å². The van der Waals surface area contributed by atoms with Gasteiger partial charge in [-0.05, 0) is 49.7 Å². The molecule has 0 saturated carbocycles. The number of rotatable bonds is 36. The van der Waals surface area contributed by atoms with Crippen molar-refractivity contribution in [1.29, 1.82) is 0 Å². The maximum atomic E-state index is 12.5. The van der Waals surface area contributed by atoms with E-state index in [1.165, 1.54) is 103 Å². The van der Waals surface area contributed by atoms with E-state index in [0.29, 0.717) is 25.9 Å². The van der Waals surface area contributed by atoms with Crippen LogP contribution < -0.4 is 10.6 Å². The minimum atomic E-state index is -0.205. The number of hydrogen-bond donors (Lipinski definition) is 4. The van der Waals surface area contributed by atoms with Crippen LogP contribution in [0.4, 0.5) is 0 Å². The first-order valence-corrected chi connectivity index (χ1v) is 21.4. The zero-order chi connectivity index (χ0) is 36.3. The SMILES string of the molecule is CCCCCCCCCCCC(O)CCCCCC(=O)NCc1ccccc1CNC(=O)CCCCCC(O)CCCCCCCCCCC. The number of carbonyl (C=O) groups excluding carboxylic acids is 2. The molecule has 2 unspecified atom stereocenters. The molecule has 1 aromatic carbocycles. The van der Waals surface area contributed by atoms with Crippen molar-refractivity contribution in [2.45, 2.75) is 232 Å². The summed E-state index contributed by atoms with van der Waals surface area (Å²) in [6.45, 7) is 5.44. The van der Waals surface area contributed by atoms with Crippen LogP contribution in [0, 0.1) is 0 Å². The lowest BCUT2D eigenvalue weighted by Crippen LogP contribution is -2.26. The molecule has 2 amide bonds. The highest BCUT2D eigenvalue weighted by Gasteiger charge is 2.09. The van der Waals surface area contributed by atoms with Crippen LogP contribution in [0.1, 0.15) is 218 Å². The number of hydrogen-bond acceptors (Lipinski definition) is 4. The van der Waals surface area contributed by atoms with Gasteiger partial charge in [0.1, 0.15) is 0 Å². The van der Waals surface area contributed by atoms with Crippen molar-refractivity contribution in [3.05, 3.63) is 35.4 Å². The Morgan fingerprint density at radius 1 is 0.460 bits per heavy atom. The molecule has 4 N–H and O–H groups in total. The molecule has 290 valence electrons. The standard InChI is InChI=1S/C44H80N2O4/c1-3-5-7-9-11-13-15-17-21-31-41(47)33-23-19-25-35-43(49)45-37-39-29-27-28-30-40(39)38-46-44(50)36-26-20-24-34-42(48)32-22-18-16-14-12-10-8-6-4-2/h27-30,41-42,47-48H,3-26,31-38H2,1-2H3,(H,45,49)(H,46,50). The monoisotopic (exact) mass is 701 g/mol. The Morgan fingerprint density at radius 2 is 0.740 bits per heavy atom. The molecule has 0 aliphatic rings. The van der Waals surface area contributed by atoms with Gasteiger partial charge in [-0.15, -0.1) is 0 Å². The molecule has 2 atom stereocenters. The fraction of sp³-hybridized carbons (Fsp3) is 0.818. The van der Waals surface area contributed by atoms with E-state index in [9.17, 15) is 19.8 Å². The number of carbonyl (C=O) groups is 2. The van der Waals surface area contributed by atoms with Crippen molar-refractivity contribution < 1.29 is 19.8 Å². The fourth-order valence-corrected chi connectivity index (χ4v) is 6.82. The molecule has 0 heterocycles. The summed E-state index contributed by atoms with van der Waals surface area (Å²) in [5.41, 5.74) is 2.06. The van der Waals surface area contributed by atoms with Crippen LogP contribution in [0.3, 0.4) is 0 Å². The van der Waals surface area contributed by atoms with Gasteiger partial charge in [-0.2, -0.15) is 0 Å². The average Bonchev–Trinajstić information content (AvgIpc) is 3.11. The molecule has 50 heavy (non-hydrogen) atoms. The zero-order valence-electron chi connectivity index (χ0n) is 32.8. The predicted octanol–water partition coefficient (Wildman–Crippen LogP) is 11.4. The van der Waals surface area contributed by atoms with Gasteiger partial charge in [-0.1, -0.05) is 179 Å². The van der Waals surface area contributed by atoms with Gasteiger partial charge >= 0.3 is 0 Å². The van der Waals surface area contributed by atoms with E-state index in [2.05, 4.69) is 24.5 Å². The van der Waals surface area contributed by atoms with Gasteiger partial charge in [0, 0.05) is 25.9 Å². The lowest BCUT2D eigenvalue weighted by molar-refractivity contribution is -0.122. The zero-order valence-corrected chi connectivity index (χ0v) is 32.8. The van der Waals surface area contributed by atoms with Gasteiger partial charge in [0.05, 0.1) is 12.2 Å². The van der Waals surface area contributed by atoms with Gasteiger partial charge in [0.2, 0.25) is 11.8 Å². The third-order valence-corrected chi connectivity index (χ3v) is 10.2. The molecule has 1 rings (SSSR count). The number of amides is 2. The van der Waals surface area contributed by atoms with E-state index in [1.54, 1.807) is 0 Å². The molecule has 6 nitrogen and oxygen atoms in total. The molecule has 0 saturated heterocycles. The Morgan fingerprint density at radius 3 is 1.06 bits per heavy atom. The highest BCUT2D eigenvalue weighted by molar-refractivity contribution is 5.76. The summed E-state index contributed by atoms with van der Waals surface area (Å²) in [5, 5.41) is 26.7. The molecule has 0 aliphatic carbocycles. The van der Waals surface area contributed by atoms with Gasteiger partial charge in [-0.3, -0.25) is 9.59 Å². The summed E-state index contributed by atoms with van der Waals surface area (Å²) in [5.74, 6) is 0.106. The molecule has 0 radical (unpaired) electrons. The van der Waals surface area contributed by atoms with E-state index in [4.69, 9.17) is 0 Å². The third-order valence-electron chi connectivity index (χ3n) is 10.2. The van der Waals surface area contributed by atoms with Crippen LogP contribution in [-0.2, 0) is 22.7 Å². The van der Waals surface area contributed by atoms with Crippen LogP contribution in [0.15, 0.2) is 24.3 Å². The highest BCUT2D eigenvalue weighted by atomic mass is 16.3. The van der Waals surface area contributed by atoms with Crippen LogP contribution in [0.2, 0.25) is 0 Å². The second kappa shape index (κ2) is 34.2. The first-order chi connectivity index (χ1) is 24.5. The maximum absolute atomic E-state index is 12.5. The Hall–Kier alpha value is -1.92. The molecule has 0 bridgehead atoms. The van der Waals surface area contributed by atoms with Gasteiger partial charge in [0.25, 0.3) is 0 Å². The lowest BCUT2D eigenvalue weighted by Gasteiger charge is -2.13. The Balaban J connectivity index is 2.06. The normalized spacial score (nSPS) is 12.6. The minimum absolute atomic E-state index is 0.0531. The summed E-state index contributed by atoms with van der Waals surface area (Å²) in [6.07, 6.45) is 33.1. The number of nitrogens with one attached hydrogen (secondary N) is 2. The van der Waals surface area contributed by atoms with E-state index in [0.717, 1.165) is 88.2 Å².